The third kappa shape index (κ3) is 3.08. The average Bonchev–Trinajstić information content (AvgIpc) is 2.91. The zero-order valence-corrected chi connectivity index (χ0v) is 15.1. The predicted molar refractivity (Wildman–Crippen MR) is 101 cm³/mol. The van der Waals surface area contributed by atoms with Crippen LogP contribution < -0.4 is 4.90 Å². The lowest BCUT2D eigenvalue weighted by Gasteiger charge is -2.12. The van der Waals surface area contributed by atoms with E-state index in [4.69, 9.17) is 9.47 Å². The summed E-state index contributed by atoms with van der Waals surface area (Å²) < 4.78 is 10.9. The maximum Gasteiger partial charge on any atom is 0.338 e. The maximum atomic E-state index is 12.9. The summed E-state index contributed by atoms with van der Waals surface area (Å²) in [4.78, 5) is 26.5. The normalized spacial score (nSPS) is 14.9. The fraction of sp³-hybridized carbons (Fsp3) is 0.238. The number of esters is 1. The first-order valence-corrected chi connectivity index (χ1v) is 8.60. The smallest absolute Gasteiger partial charge is 0.338 e. The molecule has 0 aliphatic carbocycles. The van der Waals surface area contributed by atoms with Crippen molar-refractivity contribution in [3.8, 4) is 0 Å². The van der Waals surface area contributed by atoms with Gasteiger partial charge in [0.2, 0.25) is 0 Å². The number of fused-ring (bicyclic) bond motifs is 1. The Morgan fingerprint density at radius 1 is 0.962 bits per heavy atom. The van der Waals surface area contributed by atoms with Crippen molar-refractivity contribution >= 4 is 28.9 Å². The van der Waals surface area contributed by atoms with Gasteiger partial charge in [-0.25, -0.2) is 4.79 Å². The number of carbonyl (C=O) groups is 2. The van der Waals surface area contributed by atoms with E-state index in [-0.39, 0.29) is 5.91 Å². The monoisotopic (exact) mass is 351 g/mol. The fourth-order valence-electron chi connectivity index (χ4n) is 3.01. The van der Waals surface area contributed by atoms with Crippen LogP contribution in [0.25, 0.3) is 11.3 Å². The van der Waals surface area contributed by atoms with Gasteiger partial charge in [-0.05, 0) is 26.0 Å². The molecule has 0 unspecified atom stereocenters. The summed E-state index contributed by atoms with van der Waals surface area (Å²) in [5.74, 6) is -0.0115. The molecule has 26 heavy (non-hydrogen) atoms. The molecule has 0 fully saturated rings. The highest BCUT2D eigenvalue weighted by Crippen LogP contribution is 2.41. The molecular weight excluding hydrogens is 330 g/mol. The van der Waals surface area contributed by atoms with E-state index in [1.54, 1.807) is 32.2 Å². The van der Waals surface area contributed by atoms with Gasteiger partial charge < -0.3 is 14.4 Å². The molecule has 0 atom stereocenters. The second-order valence-corrected chi connectivity index (χ2v) is 5.82. The van der Waals surface area contributed by atoms with Gasteiger partial charge in [-0.3, -0.25) is 4.79 Å². The topological polar surface area (TPSA) is 55.8 Å². The van der Waals surface area contributed by atoms with Crippen LogP contribution in [0, 0.1) is 0 Å². The second-order valence-electron chi connectivity index (χ2n) is 5.82. The van der Waals surface area contributed by atoms with Gasteiger partial charge in [0, 0.05) is 18.2 Å². The summed E-state index contributed by atoms with van der Waals surface area (Å²) in [6.07, 6.45) is 0. The molecule has 0 aromatic heterocycles. The Kier molecular flexibility index (Phi) is 5.07. The molecule has 0 saturated heterocycles. The van der Waals surface area contributed by atoms with Crippen molar-refractivity contribution in [3.63, 3.8) is 0 Å². The van der Waals surface area contributed by atoms with E-state index < -0.39 is 5.97 Å². The van der Waals surface area contributed by atoms with E-state index >= 15 is 0 Å². The standard InChI is InChI=1S/C21H21NO4/c1-4-25-19(14-9-7-6-8-10-14)18-16-12-11-15(21(24)26-5-2)13-17(16)22(3)20(18)23/h6-13H,4-5H2,1-3H3/b19-18-. The highest BCUT2D eigenvalue weighted by molar-refractivity contribution is 6.37. The van der Waals surface area contributed by atoms with Gasteiger partial charge >= 0.3 is 5.97 Å². The highest BCUT2D eigenvalue weighted by Gasteiger charge is 2.34. The minimum atomic E-state index is -0.401. The molecule has 1 heterocycles. The number of hydrogen-bond donors (Lipinski definition) is 0. The van der Waals surface area contributed by atoms with Crippen molar-refractivity contribution < 1.29 is 19.1 Å². The molecule has 5 nitrogen and oxygen atoms in total. The lowest BCUT2D eigenvalue weighted by atomic mass is 10.0. The Hall–Kier alpha value is -3.08. The molecule has 0 radical (unpaired) electrons. The molecule has 5 heteroatoms. The minimum Gasteiger partial charge on any atom is -0.492 e. The van der Waals surface area contributed by atoms with Crippen molar-refractivity contribution in [2.45, 2.75) is 13.8 Å². The molecular formula is C21H21NO4. The van der Waals surface area contributed by atoms with E-state index in [9.17, 15) is 9.59 Å². The summed E-state index contributed by atoms with van der Waals surface area (Å²) in [6, 6.07) is 14.7. The Labute approximate surface area is 152 Å². The number of rotatable bonds is 5. The van der Waals surface area contributed by atoms with Gasteiger partial charge in [0.05, 0.1) is 30.0 Å². The summed E-state index contributed by atoms with van der Waals surface area (Å²) in [6.45, 7) is 4.40. The molecule has 2 aromatic carbocycles. The number of amides is 1. The van der Waals surface area contributed by atoms with Crippen LogP contribution >= 0.6 is 0 Å². The first-order valence-electron chi connectivity index (χ1n) is 8.60. The SMILES string of the molecule is CCOC(=O)c1ccc2c(c1)N(C)C(=O)/C2=C(\OCC)c1ccccc1. The van der Waals surface area contributed by atoms with Crippen molar-refractivity contribution in [1.82, 2.24) is 0 Å². The maximum absolute atomic E-state index is 12.9. The van der Waals surface area contributed by atoms with E-state index in [1.165, 1.54) is 4.90 Å². The Bertz CT molecular complexity index is 871. The molecule has 0 saturated carbocycles. The van der Waals surface area contributed by atoms with Gasteiger partial charge in [0.1, 0.15) is 5.76 Å². The van der Waals surface area contributed by atoms with E-state index in [0.717, 1.165) is 11.1 Å². The number of nitrogens with zero attached hydrogens (tertiary/aromatic N) is 1. The summed E-state index contributed by atoms with van der Waals surface area (Å²) in [5, 5.41) is 0. The fourth-order valence-corrected chi connectivity index (χ4v) is 3.01. The largest absolute Gasteiger partial charge is 0.492 e. The van der Waals surface area contributed by atoms with Crippen LogP contribution in [0.5, 0.6) is 0 Å². The molecule has 1 aliphatic rings. The Morgan fingerprint density at radius 3 is 2.31 bits per heavy atom. The van der Waals surface area contributed by atoms with Gasteiger partial charge in [-0.2, -0.15) is 0 Å². The number of benzene rings is 2. The van der Waals surface area contributed by atoms with Crippen LogP contribution in [0.15, 0.2) is 48.5 Å². The van der Waals surface area contributed by atoms with Crippen LogP contribution in [0.1, 0.15) is 35.3 Å². The lowest BCUT2D eigenvalue weighted by Crippen LogP contribution is -2.21. The van der Waals surface area contributed by atoms with Gasteiger partial charge in [-0.15, -0.1) is 0 Å². The zero-order valence-electron chi connectivity index (χ0n) is 15.1. The summed E-state index contributed by atoms with van der Waals surface area (Å²) >= 11 is 0. The van der Waals surface area contributed by atoms with Crippen LogP contribution in [0.4, 0.5) is 5.69 Å². The molecule has 2 aromatic rings. The van der Waals surface area contributed by atoms with Gasteiger partial charge in [0.15, 0.2) is 0 Å². The van der Waals surface area contributed by atoms with Gasteiger partial charge in [-0.1, -0.05) is 36.4 Å². The first-order chi connectivity index (χ1) is 12.6. The third-order valence-electron chi connectivity index (χ3n) is 4.21. The van der Waals surface area contributed by atoms with Crippen molar-refractivity contribution in [1.29, 1.82) is 0 Å². The minimum absolute atomic E-state index is 0.159. The summed E-state index contributed by atoms with van der Waals surface area (Å²) in [5.41, 5.74) is 3.19. The molecule has 1 amide bonds. The van der Waals surface area contributed by atoms with Crippen LogP contribution in [0.2, 0.25) is 0 Å². The number of carbonyl (C=O) groups excluding carboxylic acids is 2. The molecule has 0 bridgehead atoms. The summed E-state index contributed by atoms with van der Waals surface area (Å²) in [7, 11) is 1.69. The lowest BCUT2D eigenvalue weighted by molar-refractivity contribution is -0.112. The number of anilines is 1. The van der Waals surface area contributed by atoms with E-state index in [1.807, 2.05) is 37.3 Å². The predicted octanol–water partition coefficient (Wildman–Crippen LogP) is 3.74. The molecule has 0 N–H and O–H groups in total. The Balaban J connectivity index is 2.16. The molecule has 134 valence electrons. The third-order valence-corrected chi connectivity index (χ3v) is 4.21. The van der Waals surface area contributed by atoms with Crippen LogP contribution in [-0.4, -0.2) is 32.1 Å². The number of likely N-dealkylation sites (N-methyl/N-ethyl adjacent to an activating group) is 1. The molecule has 0 spiro atoms. The van der Waals surface area contributed by atoms with E-state index in [2.05, 4.69) is 0 Å². The second kappa shape index (κ2) is 7.44. The zero-order chi connectivity index (χ0) is 18.7. The number of hydrogen-bond acceptors (Lipinski definition) is 4. The van der Waals surface area contributed by atoms with Crippen LogP contribution in [-0.2, 0) is 14.3 Å². The van der Waals surface area contributed by atoms with Crippen LogP contribution in [0.3, 0.4) is 0 Å². The Morgan fingerprint density at radius 2 is 1.65 bits per heavy atom. The van der Waals surface area contributed by atoms with Crippen molar-refractivity contribution in [2.75, 3.05) is 25.2 Å². The first kappa shape index (κ1) is 17.7. The van der Waals surface area contributed by atoms with Gasteiger partial charge in [0.25, 0.3) is 5.91 Å². The molecule has 1 aliphatic heterocycles. The van der Waals surface area contributed by atoms with Crippen molar-refractivity contribution in [2.24, 2.45) is 0 Å². The molecule has 3 rings (SSSR count). The van der Waals surface area contributed by atoms with E-state index in [0.29, 0.717) is 35.8 Å². The number of ether oxygens (including phenoxy) is 2. The highest BCUT2D eigenvalue weighted by atomic mass is 16.5. The quantitative estimate of drug-likeness (QED) is 0.468. The van der Waals surface area contributed by atoms with Crippen molar-refractivity contribution in [3.05, 3.63) is 65.2 Å². The average molecular weight is 351 g/mol.